The topological polar surface area (TPSA) is 43.6 Å². The number of hydrogen-bond acceptors (Lipinski definition) is 3. The van der Waals surface area contributed by atoms with Gasteiger partial charge in [-0.05, 0) is 25.1 Å². The molecule has 2 aromatic heterocycles. The first-order valence-corrected chi connectivity index (χ1v) is 7.45. The van der Waals surface area contributed by atoms with Gasteiger partial charge in [-0.15, -0.1) is 0 Å². The van der Waals surface area contributed by atoms with Gasteiger partial charge in [-0.25, -0.2) is 4.98 Å². The molecule has 0 saturated heterocycles. The molecule has 6 heteroatoms. The maximum Gasteiger partial charge on any atom is 0.169 e. The molecule has 0 radical (unpaired) electrons. The summed E-state index contributed by atoms with van der Waals surface area (Å²) in [4.78, 5) is 16.1. The van der Waals surface area contributed by atoms with E-state index in [1.807, 2.05) is 31.2 Å². The minimum absolute atomic E-state index is 0.381. The van der Waals surface area contributed by atoms with E-state index in [-0.39, 0.29) is 0 Å². The largest absolute Gasteiger partial charge is 0.493 e. The van der Waals surface area contributed by atoms with Crippen molar-refractivity contribution in [2.24, 2.45) is 0 Å². The van der Waals surface area contributed by atoms with Gasteiger partial charge in [-0.1, -0.05) is 35.3 Å². The van der Waals surface area contributed by atoms with Crippen LogP contribution in [0.5, 0.6) is 5.75 Å². The molecule has 112 valence electrons. The highest BCUT2D eigenvalue weighted by Crippen LogP contribution is 2.34. The molecule has 3 aromatic rings. The zero-order valence-electron chi connectivity index (χ0n) is 11.7. The summed E-state index contributed by atoms with van der Waals surface area (Å²) in [5, 5.41) is 0.818. The minimum Gasteiger partial charge on any atom is -0.493 e. The monoisotopic (exact) mass is 334 g/mol. The molecule has 0 aliphatic heterocycles. The van der Waals surface area contributed by atoms with Gasteiger partial charge in [0.15, 0.2) is 11.9 Å². The lowest BCUT2D eigenvalue weighted by Gasteiger charge is -2.08. The Morgan fingerprint density at radius 2 is 2.09 bits per heavy atom. The van der Waals surface area contributed by atoms with Crippen molar-refractivity contribution in [3.8, 4) is 17.0 Å². The summed E-state index contributed by atoms with van der Waals surface area (Å²) >= 11 is 12.2. The number of carbonyl (C=O) groups is 1. The maximum absolute atomic E-state index is 11.6. The van der Waals surface area contributed by atoms with Gasteiger partial charge < -0.3 is 4.74 Å². The number of benzene rings is 1. The Balaban J connectivity index is 2.32. The van der Waals surface area contributed by atoms with E-state index in [1.54, 1.807) is 16.7 Å². The van der Waals surface area contributed by atoms with E-state index in [0.717, 1.165) is 11.8 Å². The van der Waals surface area contributed by atoms with Crippen LogP contribution in [0.25, 0.3) is 16.9 Å². The van der Waals surface area contributed by atoms with Crippen molar-refractivity contribution in [3.05, 3.63) is 52.3 Å². The Labute approximate surface area is 137 Å². The highest BCUT2D eigenvalue weighted by Gasteiger charge is 2.18. The van der Waals surface area contributed by atoms with E-state index >= 15 is 0 Å². The summed E-state index contributed by atoms with van der Waals surface area (Å²) in [6, 6.07) is 9.03. The van der Waals surface area contributed by atoms with Crippen LogP contribution in [-0.2, 0) is 0 Å². The van der Waals surface area contributed by atoms with Crippen LogP contribution in [0.1, 0.15) is 17.4 Å². The van der Waals surface area contributed by atoms with Crippen LogP contribution in [0.2, 0.25) is 10.0 Å². The Kier molecular flexibility index (Phi) is 4.05. The summed E-state index contributed by atoms with van der Waals surface area (Å²) in [7, 11) is 0. The number of carbonyl (C=O) groups excluding carboxylic acids is 1. The predicted octanol–water partition coefficient (Wildman–Crippen LogP) is 4.52. The maximum atomic E-state index is 11.6. The number of halogens is 2. The van der Waals surface area contributed by atoms with Crippen molar-refractivity contribution in [1.82, 2.24) is 9.38 Å². The van der Waals surface area contributed by atoms with Crippen LogP contribution in [0, 0.1) is 0 Å². The van der Waals surface area contributed by atoms with Crippen molar-refractivity contribution in [2.45, 2.75) is 6.92 Å². The van der Waals surface area contributed by atoms with Gasteiger partial charge in [-0.2, -0.15) is 0 Å². The molecule has 22 heavy (non-hydrogen) atoms. The molecule has 0 saturated carbocycles. The molecule has 0 spiro atoms. The Morgan fingerprint density at radius 3 is 2.82 bits per heavy atom. The van der Waals surface area contributed by atoms with Crippen molar-refractivity contribution in [2.75, 3.05) is 6.61 Å². The van der Waals surface area contributed by atoms with E-state index < -0.39 is 0 Å². The number of para-hydroxylation sites is 1. The fourth-order valence-corrected chi connectivity index (χ4v) is 2.86. The van der Waals surface area contributed by atoms with E-state index in [2.05, 4.69) is 4.98 Å². The van der Waals surface area contributed by atoms with Gasteiger partial charge in [0.25, 0.3) is 0 Å². The molecule has 2 heterocycles. The van der Waals surface area contributed by atoms with Gasteiger partial charge in [0.1, 0.15) is 17.1 Å². The lowest BCUT2D eigenvalue weighted by molar-refractivity contribution is 0.111. The molecule has 0 N–H and O–H groups in total. The Bertz CT molecular complexity index is 859. The lowest BCUT2D eigenvalue weighted by atomic mass is 10.1. The van der Waals surface area contributed by atoms with E-state index in [4.69, 9.17) is 27.9 Å². The van der Waals surface area contributed by atoms with Crippen LogP contribution in [0.3, 0.4) is 0 Å². The summed E-state index contributed by atoms with van der Waals surface area (Å²) in [6.45, 7) is 2.42. The number of nitrogens with zero attached hydrogens (tertiary/aromatic N) is 2. The highest BCUT2D eigenvalue weighted by molar-refractivity contribution is 6.36. The minimum atomic E-state index is 0.381. The first-order valence-electron chi connectivity index (χ1n) is 6.70. The molecular weight excluding hydrogens is 323 g/mol. The predicted molar refractivity (Wildman–Crippen MR) is 87.2 cm³/mol. The van der Waals surface area contributed by atoms with Gasteiger partial charge in [0.2, 0.25) is 0 Å². The van der Waals surface area contributed by atoms with Crippen molar-refractivity contribution < 1.29 is 9.53 Å². The normalized spacial score (nSPS) is 10.9. The van der Waals surface area contributed by atoms with Gasteiger partial charge in [0.05, 0.1) is 16.7 Å². The first-order chi connectivity index (χ1) is 10.7. The second-order valence-electron chi connectivity index (χ2n) is 4.59. The van der Waals surface area contributed by atoms with Crippen LogP contribution >= 0.6 is 23.2 Å². The van der Waals surface area contributed by atoms with Crippen LogP contribution < -0.4 is 4.74 Å². The molecular formula is C16H12Cl2N2O2. The smallest absolute Gasteiger partial charge is 0.169 e. The zero-order chi connectivity index (χ0) is 15.7. The average molecular weight is 335 g/mol. The van der Waals surface area contributed by atoms with Crippen molar-refractivity contribution in [3.63, 3.8) is 0 Å². The standard InChI is InChI=1S/C16H12Cl2N2O2/c1-2-22-14-6-4-3-5-11(14)15-13(9-21)20-8-10(17)7-12(18)16(20)19-15/h3-9H,2H2,1H3. The number of aromatic nitrogens is 2. The summed E-state index contributed by atoms with van der Waals surface area (Å²) < 4.78 is 7.21. The van der Waals surface area contributed by atoms with Crippen molar-refractivity contribution >= 4 is 35.1 Å². The fraction of sp³-hybridized carbons (Fsp3) is 0.125. The molecule has 1 aromatic carbocycles. The molecule has 0 amide bonds. The number of ether oxygens (including phenoxy) is 1. The third-order valence-corrected chi connectivity index (χ3v) is 3.72. The van der Waals surface area contributed by atoms with E-state index in [9.17, 15) is 4.79 Å². The highest BCUT2D eigenvalue weighted by atomic mass is 35.5. The molecule has 0 atom stereocenters. The molecule has 4 nitrogen and oxygen atoms in total. The lowest BCUT2D eigenvalue weighted by Crippen LogP contribution is -1.96. The summed E-state index contributed by atoms with van der Waals surface area (Å²) in [6.07, 6.45) is 2.36. The molecule has 0 bridgehead atoms. The van der Waals surface area contributed by atoms with Crippen LogP contribution in [-0.4, -0.2) is 22.3 Å². The van der Waals surface area contributed by atoms with E-state index in [1.165, 1.54) is 0 Å². The molecule has 0 aliphatic carbocycles. The average Bonchev–Trinajstić information content (AvgIpc) is 2.86. The van der Waals surface area contributed by atoms with Gasteiger partial charge in [-0.3, -0.25) is 9.20 Å². The van der Waals surface area contributed by atoms with Crippen molar-refractivity contribution in [1.29, 1.82) is 0 Å². The molecule has 0 unspecified atom stereocenters. The van der Waals surface area contributed by atoms with E-state index in [0.29, 0.717) is 39.4 Å². The Hall–Kier alpha value is -2.04. The second-order valence-corrected chi connectivity index (χ2v) is 5.44. The molecule has 3 rings (SSSR count). The number of imidazole rings is 1. The quantitative estimate of drug-likeness (QED) is 0.659. The number of aldehydes is 1. The first kappa shape index (κ1) is 14.9. The molecule has 0 fully saturated rings. The van der Waals surface area contributed by atoms with Gasteiger partial charge >= 0.3 is 0 Å². The second kappa shape index (κ2) is 5.99. The van der Waals surface area contributed by atoms with Crippen LogP contribution in [0.4, 0.5) is 0 Å². The summed E-state index contributed by atoms with van der Waals surface area (Å²) in [5.41, 5.74) is 2.12. The third-order valence-electron chi connectivity index (χ3n) is 3.23. The summed E-state index contributed by atoms with van der Waals surface area (Å²) in [5.74, 6) is 0.665. The van der Waals surface area contributed by atoms with Gasteiger partial charge in [0, 0.05) is 11.8 Å². The molecule has 0 aliphatic rings. The number of pyridine rings is 1. The Morgan fingerprint density at radius 1 is 1.32 bits per heavy atom. The SMILES string of the molecule is CCOc1ccccc1-c1nc2c(Cl)cc(Cl)cn2c1C=O. The zero-order valence-corrected chi connectivity index (χ0v) is 13.2. The third kappa shape index (κ3) is 2.45. The number of fused-ring (bicyclic) bond motifs is 1. The number of rotatable bonds is 4. The number of hydrogen-bond donors (Lipinski definition) is 0. The van der Waals surface area contributed by atoms with Crippen LogP contribution in [0.15, 0.2) is 36.5 Å². The fourth-order valence-electron chi connectivity index (χ4n) is 2.35.